The highest BCUT2D eigenvalue weighted by Crippen LogP contribution is 2.21. The van der Waals surface area contributed by atoms with Crippen molar-refractivity contribution in [2.45, 2.75) is 6.92 Å². The van der Waals surface area contributed by atoms with Crippen molar-refractivity contribution >= 4 is 17.8 Å². The molecule has 1 aliphatic rings. The van der Waals surface area contributed by atoms with Gasteiger partial charge in [-0.25, -0.2) is 4.79 Å². The summed E-state index contributed by atoms with van der Waals surface area (Å²) in [5.41, 5.74) is 1.24. The van der Waals surface area contributed by atoms with Crippen molar-refractivity contribution < 1.29 is 57.0 Å². The Balaban J connectivity index is 1.21. The van der Waals surface area contributed by atoms with Crippen LogP contribution in [-0.2, 0) is 47.4 Å². The Bertz CT molecular complexity index is 922. The molecule has 0 aliphatic carbocycles. The number of hydrogen-bond donors (Lipinski definition) is 0. The van der Waals surface area contributed by atoms with Crippen molar-refractivity contribution in [2.24, 2.45) is 0 Å². The van der Waals surface area contributed by atoms with Crippen molar-refractivity contribution in [1.29, 1.82) is 0 Å². The SMILES string of the molecule is C=C(C)C(=O)OCCOCCOCCOCCOCCOCCOCCOCCOCCN1C(=O)c2ccccc2C1=O. The third-order valence-corrected chi connectivity index (χ3v) is 5.75. The first kappa shape index (κ1) is 36.4. The molecule has 242 valence electrons. The molecular formula is C30H45NO12. The van der Waals surface area contributed by atoms with E-state index in [0.717, 1.165) is 0 Å². The third kappa shape index (κ3) is 16.1. The fourth-order valence-corrected chi connectivity index (χ4v) is 3.56. The van der Waals surface area contributed by atoms with E-state index in [9.17, 15) is 14.4 Å². The molecule has 2 rings (SSSR count). The van der Waals surface area contributed by atoms with Crippen LogP contribution in [0.3, 0.4) is 0 Å². The van der Waals surface area contributed by atoms with Crippen molar-refractivity contribution in [3.63, 3.8) is 0 Å². The highest BCUT2D eigenvalue weighted by Gasteiger charge is 2.34. The fourth-order valence-electron chi connectivity index (χ4n) is 3.56. The first-order valence-corrected chi connectivity index (χ1v) is 14.4. The average molecular weight is 612 g/mol. The van der Waals surface area contributed by atoms with Gasteiger partial charge in [0, 0.05) is 5.57 Å². The van der Waals surface area contributed by atoms with Crippen molar-refractivity contribution in [3.05, 3.63) is 47.5 Å². The number of amides is 2. The maximum Gasteiger partial charge on any atom is 0.333 e. The first-order valence-electron chi connectivity index (χ1n) is 14.4. The molecule has 0 radical (unpaired) electrons. The van der Waals surface area contributed by atoms with Gasteiger partial charge in [-0.2, -0.15) is 0 Å². The zero-order valence-corrected chi connectivity index (χ0v) is 25.1. The molecule has 13 nitrogen and oxygen atoms in total. The molecule has 0 bridgehead atoms. The summed E-state index contributed by atoms with van der Waals surface area (Å²) < 4.78 is 48.3. The van der Waals surface area contributed by atoms with Gasteiger partial charge in [0.05, 0.1) is 123 Å². The number of esters is 1. The molecule has 1 aromatic carbocycles. The Labute approximate surface area is 253 Å². The lowest BCUT2D eigenvalue weighted by molar-refractivity contribution is -0.140. The second-order valence-corrected chi connectivity index (χ2v) is 9.12. The molecule has 0 fully saturated rings. The monoisotopic (exact) mass is 611 g/mol. The van der Waals surface area contributed by atoms with Crippen LogP contribution in [0.2, 0.25) is 0 Å². The van der Waals surface area contributed by atoms with Gasteiger partial charge >= 0.3 is 5.97 Å². The number of imide groups is 1. The van der Waals surface area contributed by atoms with Crippen LogP contribution < -0.4 is 0 Å². The summed E-state index contributed by atoms with van der Waals surface area (Å²) in [6.45, 7) is 12.2. The van der Waals surface area contributed by atoms with Crippen LogP contribution in [0.25, 0.3) is 0 Å². The number of fused-ring (bicyclic) bond motifs is 1. The van der Waals surface area contributed by atoms with Crippen LogP contribution in [0, 0.1) is 0 Å². The van der Waals surface area contributed by atoms with E-state index in [1.807, 2.05) is 0 Å². The molecule has 2 amide bonds. The van der Waals surface area contributed by atoms with E-state index in [4.69, 9.17) is 42.6 Å². The Morgan fingerprint density at radius 2 is 0.860 bits per heavy atom. The maximum atomic E-state index is 12.3. The summed E-state index contributed by atoms with van der Waals surface area (Å²) >= 11 is 0. The normalized spacial score (nSPS) is 12.6. The lowest BCUT2D eigenvalue weighted by Gasteiger charge is -2.13. The topological polar surface area (TPSA) is 138 Å². The minimum Gasteiger partial charge on any atom is -0.460 e. The van der Waals surface area contributed by atoms with Gasteiger partial charge in [0.15, 0.2) is 0 Å². The smallest absolute Gasteiger partial charge is 0.333 e. The van der Waals surface area contributed by atoms with Crippen molar-refractivity contribution in [1.82, 2.24) is 4.90 Å². The fraction of sp³-hybridized carbons (Fsp3) is 0.633. The molecule has 0 N–H and O–H groups in total. The Kier molecular flexibility index (Phi) is 20.1. The quantitative estimate of drug-likeness (QED) is 0.0588. The number of carbonyl (C=O) groups is 3. The van der Waals surface area contributed by atoms with Crippen LogP contribution in [0.5, 0.6) is 0 Å². The Morgan fingerprint density at radius 1 is 0.558 bits per heavy atom. The van der Waals surface area contributed by atoms with E-state index < -0.39 is 5.97 Å². The predicted octanol–water partition coefficient (Wildman–Crippen LogP) is 1.53. The van der Waals surface area contributed by atoms with Crippen molar-refractivity contribution in [3.8, 4) is 0 Å². The number of rotatable bonds is 28. The van der Waals surface area contributed by atoms with Gasteiger partial charge in [0.25, 0.3) is 11.8 Å². The van der Waals surface area contributed by atoms with E-state index in [1.165, 1.54) is 4.90 Å². The number of ether oxygens (including phenoxy) is 9. The second-order valence-electron chi connectivity index (χ2n) is 9.12. The standard InChI is InChI=1S/C30H45NO12/c1-25(2)30(34)43-24-23-42-22-21-41-20-19-40-18-17-39-16-15-38-14-13-37-12-11-36-10-9-35-8-7-31-28(32)26-5-3-4-6-27(26)29(31)33/h3-6H,1,7-24H2,2H3. The molecule has 13 heteroatoms. The molecule has 0 spiro atoms. The van der Waals surface area contributed by atoms with Gasteiger partial charge in [-0.15, -0.1) is 0 Å². The van der Waals surface area contributed by atoms with Gasteiger partial charge in [-0.3, -0.25) is 14.5 Å². The number of nitrogens with zero attached hydrogens (tertiary/aromatic N) is 1. The number of benzene rings is 1. The van der Waals surface area contributed by atoms with Gasteiger partial charge in [-0.05, 0) is 19.1 Å². The molecule has 0 unspecified atom stereocenters. The molecule has 0 aromatic heterocycles. The molecule has 0 saturated carbocycles. The predicted molar refractivity (Wildman–Crippen MR) is 154 cm³/mol. The van der Waals surface area contributed by atoms with Crippen LogP contribution >= 0.6 is 0 Å². The average Bonchev–Trinajstić information content (AvgIpc) is 3.25. The summed E-state index contributed by atoms with van der Waals surface area (Å²) in [4.78, 5) is 36.9. The Hall–Kier alpha value is -2.75. The third-order valence-electron chi connectivity index (χ3n) is 5.75. The summed E-state index contributed by atoms with van der Waals surface area (Å²) in [5, 5.41) is 0. The van der Waals surface area contributed by atoms with E-state index >= 15 is 0 Å². The zero-order valence-electron chi connectivity index (χ0n) is 25.1. The minimum atomic E-state index is -0.420. The lowest BCUT2D eigenvalue weighted by atomic mass is 10.1. The Morgan fingerprint density at radius 3 is 1.19 bits per heavy atom. The summed E-state index contributed by atoms with van der Waals surface area (Å²) in [5.74, 6) is -0.982. The zero-order chi connectivity index (χ0) is 31.0. The number of hydrogen-bond acceptors (Lipinski definition) is 12. The van der Waals surface area contributed by atoms with E-state index in [-0.39, 0.29) is 31.6 Å². The molecule has 1 heterocycles. The first-order chi connectivity index (χ1) is 21.0. The van der Waals surface area contributed by atoms with Crippen molar-refractivity contribution in [2.75, 3.05) is 119 Å². The molecule has 0 atom stereocenters. The van der Waals surface area contributed by atoms with Gasteiger partial charge in [0.2, 0.25) is 0 Å². The molecule has 0 saturated heterocycles. The van der Waals surface area contributed by atoms with Gasteiger partial charge in [0.1, 0.15) is 6.61 Å². The van der Waals surface area contributed by atoms with Gasteiger partial charge < -0.3 is 42.6 Å². The van der Waals surface area contributed by atoms with Crippen LogP contribution in [-0.4, -0.2) is 142 Å². The van der Waals surface area contributed by atoms with E-state index in [1.54, 1.807) is 31.2 Å². The van der Waals surface area contributed by atoms with Crippen LogP contribution in [0.1, 0.15) is 27.6 Å². The summed E-state index contributed by atoms with van der Waals surface area (Å²) in [7, 11) is 0. The largest absolute Gasteiger partial charge is 0.460 e. The molecule has 43 heavy (non-hydrogen) atoms. The van der Waals surface area contributed by atoms with Gasteiger partial charge in [-0.1, -0.05) is 18.7 Å². The van der Waals surface area contributed by atoms with E-state index in [2.05, 4.69) is 6.58 Å². The highest BCUT2D eigenvalue weighted by atomic mass is 16.6. The summed E-state index contributed by atoms with van der Waals surface area (Å²) in [6, 6.07) is 6.80. The molecular weight excluding hydrogens is 566 g/mol. The molecule has 1 aromatic rings. The number of carbonyl (C=O) groups excluding carboxylic acids is 3. The van der Waals surface area contributed by atoms with Crippen LogP contribution in [0.4, 0.5) is 0 Å². The lowest BCUT2D eigenvalue weighted by Crippen LogP contribution is -2.33. The second kappa shape index (κ2) is 23.7. The molecule has 1 aliphatic heterocycles. The maximum absolute atomic E-state index is 12.3. The summed E-state index contributed by atoms with van der Waals surface area (Å²) in [6.07, 6.45) is 0. The van der Waals surface area contributed by atoms with Crippen LogP contribution in [0.15, 0.2) is 36.4 Å². The highest BCUT2D eigenvalue weighted by molar-refractivity contribution is 6.21. The minimum absolute atomic E-state index is 0.191. The van der Waals surface area contributed by atoms with E-state index in [0.29, 0.717) is 116 Å².